The molecule has 1 aromatic heterocycles. The molecule has 0 saturated carbocycles. The van der Waals surface area contributed by atoms with Gasteiger partial charge in [0, 0.05) is 32.1 Å². The molecule has 0 amide bonds. The van der Waals surface area contributed by atoms with Crippen LogP contribution in [0, 0.1) is 6.92 Å². The zero-order valence-electron chi connectivity index (χ0n) is 11.6. The summed E-state index contributed by atoms with van der Waals surface area (Å²) in [6.45, 7) is 2.77. The molecule has 0 unspecified atom stereocenters. The minimum Gasteiger partial charge on any atom is -0.384 e. The smallest absolute Gasteiger partial charge is 0.240 e. The predicted molar refractivity (Wildman–Crippen MR) is 76.6 cm³/mol. The SMILES string of the molecule is Cc1nc(CCNS(=O)(=O)c2ccc3c(c2)NCC3)no1. The van der Waals surface area contributed by atoms with E-state index in [4.69, 9.17) is 4.52 Å². The molecular weight excluding hydrogens is 292 g/mol. The van der Waals surface area contributed by atoms with Crippen LogP contribution in [-0.4, -0.2) is 31.6 Å². The summed E-state index contributed by atoms with van der Waals surface area (Å²) < 4.78 is 31.8. The van der Waals surface area contributed by atoms with Crippen molar-refractivity contribution >= 4 is 15.7 Å². The number of aromatic nitrogens is 2. The van der Waals surface area contributed by atoms with Crippen LogP contribution in [0.15, 0.2) is 27.6 Å². The lowest BCUT2D eigenvalue weighted by Gasteiger charge is -2.07. The maximum Gasteiger partial charge on any atom is 0.240 e. The summed E-state index contributed by atoms with van der Waals surface area (Å²) in [5.41, 5.74) is 2.04. The number of nitrogens with zero attached hydrogens (tertiary/aromatic N) is 2. The maximum atomic E-state index is 12.2. The third kappa shape index (κ3) is 3.06. The van der Waals surface area contributed by atoms with Crippen LogP contribution in [0.1, 0.15) is 17.3 Å². The molecule has 0 radical (unpaired) electrons. The van der Waals surface area contributed by atoms with E-state index >= 15 is 0 Å². The summed E-state index contributed by atoms with van der Waals surface area (Å²) in [5, 5.41) is 6.90. The highest BCUT2D eigenvalue weighted by atomic mass is 32.2. The lowest BCUT2D eigenvalue weighted by atomic mass is 10.2. The third-order valence-corrected chi connectivity index (χ3v) is 4.77. The average molecular weight is 308 g/mol. The topological polar surface area (TPSA) is 97.1 Å². The first-order chi connectivity index (χ1) is 10.0. The van der Waals surface area contributed by atoms with Gasteiger partial charge in [-0.1, -0.05) is 11.2 Å². The fraction of sp³-hybridized carbons (Fsp3) is 0.385. The van der Waals surface area contributed by atoms with Gasteiger partial charge in [0.05, 0.1) is 4.90 Å². The Morgan fingerprint density at radius 3 is 3.05 bits per heavy atom. The zero-order chi connectivity index (χ0) is 14.9. The van der Waals surface area contributed by atoms with Crippen LogP contribution >= 0.6 is 0 Å². The summed E-state index contributed by atoms with van der Waals surface area (Å²) in [5.74, 6) is 0.961. The minimum absolute atomic E-state index is 0.228. The molecule has 8 heteroatoms. The van der Waals surface area contributed by atoms with E-state index in [1.807, 2.05) is 6.07 Å². The van der Waals surface area contributed by atoms with Crippen molar-refractivity contribution in [2.75, 3.05) is 18.4 Å². The van der Waals surface area contributed by atoms with Gasteiger partial charge in [0.1, 0.15) is 0 Å². The number of aryl methyl sites for hydroxylation is 1. The van der Waals surface area contributed by atoms with Crippen molar-refractivity contribution < 1.29 is 12.9 Å². The second-order valence-electron chi connectivity index (χ2n) is 4.87. The van der Waals surface area contributed by atoms with Crippen molar-refractivity contribution in [3.63, 3.8) is 0 Å². The Morgan fingerprint density at radius 2 is 2.29 bits per heavy atom. The first-order valence-electron chi connectivity index (χ1n) is 6.70. The molecular formula is C13H16N4O3S. The molecule has 7 nitrogen and oxygen atoms in total. The Labute approximate surface area is 122 Å². The molecule has 3 rings (SSSR count). The third-order valence-electron chi connectivity index (χ3n) is 3.31. The van der Waals surface area contributed by atoms with Gasteiger partial charge in [-0.15, -0.1) is 0 Å². The van der Waals surface area contributed by atoms with Gasteiger partial charge < -0.3 is 9.84 Å². The van der Waals surface area contributed by atoms with Crippen LogP contribution in [0.3, 0.4) is 0 Å². The highest BCUT2D eigenvalue weighted by molar-refractivity contribution is 7.89. The van der Waals surface area contributed by atoms with Gasteiger partial charge in [-0.2, -0.15) is 4.98 Å². The number of rotatable bonds is 5. The second-order valence-corrected chi connectivity index (χ2v) is 6.64. The Morgan fingerprint density at radius 1 is 1.43 bits per heavy atom. The fourth-order valence-electron chi connectivity index (χ4n) is 2.26. The van der Waals surface area contributed by atoms with Crippen molar-refractivity contribution in [3.05, 3.63) is 35.5 Å². The molecule has 112 valence electrons. The summed E-state index contributed by atoms with van der Waals surface area (Å²) in [6.07, 6.45) is 1.32. The quantitative estimate of drug-likeness (QED) is 0.850. The first kappa shape index (κ1) is 14.0. The van der Waals surface area contributed by atoms with Crippen LogP contribution in [0.5, 0.6) is 0 Å². The van der Waals surface area contributed by atoms with E-state index < -0.39 is 10.0 Å². The number of hydrogen-bond donors (Lipinski definition) is 2. The van der Waals surface area contributed by atoms with E-state index in [9.17, 15) is 8.42 Å². The maximum absolute atomic E-state index is 12.2. The Kier molecular flexibility index (Phi) is 3.64. The molecule has 2 N–H and O–H groups in total. The van der Waals surface area contributed by atoms with Crippen LogP contribution in [0.4, 0.5) is 5.69 Å². The van der Waals surface area contributed by atoms with Gasteiger partial charge >= 0.3 is 0 Å². The van der Waals surface area contributed by atoms with Crippen LogP contribution in [0.25, 0.3) is 0 Å². The number of benzene rings is 1. The van der Waals surface area contributed by atoms with E-state index in [0.29, 0.717) is 18.1 Å². The average Bonchev–Trinajstić information content (AvgIpc) is 3.06. The normalized spacial score (nSPS) is 14.0. The number of sulfonamides is 1. The molecule has 0 atom stereocenters. The molecule has 0 fully saturated rings. The molecule has 1 aromatic carbocycles. The second kappa shape index (κ2) is 5.45. The molecule has 21 heavy (non-hydrogen) atoms. The van der Waals surface area contributed by atoms with Gasteiger partial charge in [0.2, 0.25) is 15.9 Å². The minimum atomic E-state index is -3.52. The van der Waals surface area contributed by atoms with E-state index in [1.165, 1.54) is 0 Å². The van der Waals surface area contributed by atoms with E-state index in [-0.39, 0.29) is 11.4 Å². The Bertz CT molecular complexity index is 755. The van der Waals surface area contributed by atoms with Gasteiger partial charge in [-0.05, 0) is 24.1 Å². The van der Waals surface area contributed by atoms with Crippen molar-refractivity contribution in [1.29, 1.82) is 0 Å². The number of nitrogens with one attached hydrogen (secondary N) is 2. The van der Waals surface area contributed by atoms with E-state index in [2.05, 4.69) is 20.2 Å². The molecule has 0 spiro atoms. The first-order valence-corrected chi connectivity index (χ1v) is 8.18. The molecule has 2 aromatic rings. The van der Waals surface area contributed by atoms with Crippen molar-refractivity contribution in [2.45, 2.75) is 24.7 Å². The van der Waals surface area contributed by atoms with Gasteiger partial charge in [-0.25, -0.2) is 13.1 Å². The number of hydrogen-bond acceptors (Lipinski definition) is 6. The molecule has 1 aliphatic rings. The Hall–Kier alpha value is -1.93. The summed E-state index contributed by atoms with van der Waals surface area (Å²) in [7, 11) is -3.52. The van der Waals surface area contributed by atoms with Crippen LogP contribution in [0.2, 0.25) is 0 Å². The molecule has 1 aliphatic heterocycles. The molecule has 2 heterocycles. The van der Waals surface area contributed by atoms with Crippen molar-refractivity contribution in [2.24, 2.45) is 0 Å². The van der Waals surface area contributed by atoms with E-state index in [0.717, 1.165) is 24.2 Å². The van der Waals surface area contributed by atoms with Crippen molar-refractivity contribution in [3.8, 4) is 0 Å². The summed E-state index contributed by atoms with van der Waals surface area (Å²) >= 11 is 0. The van der Waals surface area contributed by atoms with Crippen LogP contribution in [-0.2, 0) is 22.9 Å². The fourth-order valence-corrected chi connectivity index (χ4v) is 3.32. The van der Waals surface area contributed by atoms with Gasteiger partial charge in [0.25, 0.3) is 0 Å². The largest absolute Gasteiger partial charge is 0.384 e. The van der Waals surface area contributed by atoms with E-state index in [1.54, 1.807) is 19.1 Å². The van der Waals surface area contributed by atoms with Crippen molar-refractivity contribution in [1.82, 2.24) is 14.9 Å². The molecule has 0 bridgehead atoms. The standard InChI is InChI=1S/C13H16N4O3S/c1-9-16-13(17-20-9)5-7-15-21(18,19)11-3-2-10-4-6-14-12(10)8-11/h2-3,8,14-15H,4-7H2,1H3. The Balaban J connectivity index is 1.66. The summed E-state index contributed by atoms with van der Waals surface area (Å²) in [4.78, 5) is 4.29. The number of anilines is 1. The summed E-state index contributed by atoms with van der Waals surface area (Å²) in [6, 6.07) is 5.16. The zero-order valence-corrected chi connectivity index (χ0v) is 12.4. The highest BCUT2D eigenvalue weighted by Crippen LogP contribution is 2.25. The van der Waals surface area contributed by atoms with Crippen LogP contribution < -0.4 is 10.0 Å². The van der Waals surface area contributed by atoms with Gasteiger partial charge in [-0.3, -0.25) is 0 Å². The van der Waals surface area contributed by atoms with Gasteiger partial charge in [0.15, 0.2) is 5.82 Å². The lowest BCUT2D eigenvalue weighted by molar-refractivity contribution is 0.387. The monoisotopic (exact) mass is 308 g/mol. The highest BCUT2D eigenvalue weighted by Gasteiger charge is 2.18. The number of fused-ring (bicyclic) bond motifs is 1. The lowest BCUT2D eigenvalue weighted by Crippen LogP contribution is -2.26. The molecule has 0 saturated heterocycles. The predicted octanol–water partition coefficient (Wildman–Crippen LogP) is 0.867. The molecule has 0 aliphatic carbocycles.